The normalized spacial score (nSPS) is 11.0. The van der Waals surface area contributed by atoms with Gasteiger partial charge in [0.15, 0.2) is 11.6 Å². The van der Waals surface area contributed by atoms with Crippen molar-refractivity contribution in [3.05, 3.63) is 71.3 Å². The summed E-state index contributed by atoms with van der Waals surface area (Å²) in [4.78, 5) is 24.3. The number of benzene rings is 2. The Balaban J connectivity index is 2.47. The third-order valence-corrected chi connectivity index (χ3v) is 3.10. The maximum absolute atomic E-state index is 12.5. The van der Waals surface area contributed by atoms with Gasteiger partial charge in [0, 0.05) is 11.1 Å². The molecule has 0 heterocycles. The third kappa shape index (κ3) is 3.45. The van der Waals surface area contributed by atoms with E-state index < -0.39 is 0 Å². The van der Waals surface area contributed by atoms with E-state index in [2.05, 4.69) is 0 Å². The van der Waals surface area contributed by atoms with E-state index in [-0.39, 0.29) is 17.1 Å². The molecule has 0 aliphatic carbocycles. The van der Waals surface area contributed by atoms with Crippen molar-refractivity contribution < 1.29 is 14.3 Å². The number of ketones is 2. The standard InChI is InChI=1S/C18H16O3/c1-13(19)16(18(20)14-8-4-3-5-9-14)12-15-10-6-7-11-17(15)21-2/h3-12H,1-2H3/b16-12+. The van der Waals surface area contributed by atoms with Gasteiger partial charge in [-0.3, -0.25) is 9.59 Å². The van der Waals surface area contributed by atoms with Crippen LogP contribution in [-0.2, 0) is 4.79 Å². The van der Waals surface area contributed by atoms with Crippen LogP contribution >= 0.6 is 0 Å². The number of rotatable bonds is 5. The average molecular weight is 280 g/mol. The molecule has 0 atom stereocenters. The third-order valence-electron chi connectivity index (χ3n) is 3.10. The highest BCUT2D eigenvalue weighted by atomic mass is 16.5. The molecular weight excluding hydrogens is 264 g/mol. The van der Waals surface area contributed by atoms with E-state index in [1.165, 1.54) is 6.92 Å². The Bertz CT molecular complexity index is 685. The number of allylic oxidation sites excluding steroid dienone is 1. The lowest BCUT2D eigenvalue weighted by Crippen LogP contribution is -2.10. The van der Waals surface area contributed by atoms with Crippen LogP contribution in [0.3, 0.4) is 0 Å². The van der Waals surface area contributed by atoms with Crippen LogP contribution in [0.25, 0.3) is 6.08 Å². The fourth-order valence-electron chi connectivity index (χ4n) is 2.01. The molecule has 0 bridgehead atoms. The van der Waals surface area contributed by atoms with Crippen LogP contribution in [0.4, 0.5) is 0 Å². The molecule has 0 amide bonds. The minimum absolute atomic E-state index is 0.144. The first-order chi connectivity index (χ1) is 10.1. The van der Waals surface area contributed by atoms with Gasteiger partial charge in [-0.2, -0.15) is 0 Å². The van der Waals surface area contributed by atoms with Crippen molar-refractivity contribution in [2.45, 2.75) is 6.92 Å². The SMILES string of the molecule is COc1ccccc1/C=C(\C(C)=O)C(=O)c1ccccc1. The molecule has 2 rings (SSSR count). The molecule has 0 saturated carbocycles. The maximum Gasteiger partial charge on any atom is 0.196 e. The second-order valence-electron chi connectivity index (χ2n) is 4.55. The van der Waals surface area contributed by atoms with E-state index in [1.54, 1.807) is 49.6 Å². The second-order valence-corrected chi connectivity index (χ2v) is 4.55. The van der Waals surface area contributed by atoms with E-state index in [0.29, 0.717) is 16.9 Å². The number of methoxy groups -OCH3 is 1. The number of hydrogen-bond donors (Lipinski definition) is 0. The van der Waals surface area contributed by atoms with Crippen LogP contribution in [0, 0.1) is 0 Å². The summed E-state index contributed by atoms with van der Waals surface area (Å²) < 4.78 is 5.24. The van der Waals surface area contributed by atoms with E-state index in [4.69, 9.17) is 4.74 Å². The highest BCUT2D eigenvalue weighted by Crippen LogP contribution is 2.22. The molecule has 0 fully saturated rings. The summed E-state index contributed by atoms with van der Waals surface area (Å²) >= 11 is 0. The quantitative estimate of drug-likeness (QED) is 0.364. The summed E-state index contributed by atoms with van der Waals surface area (Å²) in [6.07, 6.45) is 1.58. The van der Waals surface area contributed by atoms with Gasteiger partial charge in [0.2, 0.25) is 0 Å². The topological polar surface area (TPSA) is 43.4 Å². The van der Waals surface area contributed by atoms with Crippen LogP contribution in [0.1, 0.15) is 22.8 Å². The van der Waals surface area contributed by atoms with Gasteiger partial charge < -0.3 is 4.74 Å². The fraction of sp³-hybridized carbons (Fsp3) is 0.111. The van der Waals surface area contributed by atoms with Gasteiger partial charge in [-0.15, -0.1) is 0 Å². The fourth-order valence-corrected chi connectivity index (χ4v) is 2.01. The zero-order valence-corrected chi connectivity index (χ0v) is 12.0. The molecule has 2 aromatic carbocycles. The highest BCUT2D eigenvalue weighted by Gasteiger charge is 2.17. The molecule has 21 heavy (non-hydrogen) atoms. The lowest BCUT2D eigenvalue weighted by Gasteiger charge is -2.07. The summed E-state index contributed by atoms with van der Waals surface area (Å²) in [5, 5.41) is 0. The summed E-state index contributed by atoms with van der Waals surface area (Å²) in [6.45, 7) is 1.39. The van der Waals surface area contributed by atoms with Crippen molar-refractivity contribution in [1.29, 1.82) is 0 Å². The molecule has 2 aromatic rings. The molecular formula is C18H16O3. The van der Waals surface area contributed by atoms with Gasteiger partial charge in [-0.05, 0) is 19.1 Å². The molecule has 0 radical (unpaired) electrons. The summed E-state index contributed by atoms with van der Waals surface area (Å²) in [7, 11) is 1.55. The Morgan fingerprint density at radius 2 is 1.57 bits per heavy atom. The van der Waals surface area contributed by atoms with E-state index in [0.717, 1.165) is 0 Å². The smallest absolute Gasteiger partial charge is 0.196 e. The molecule has 0 aliphatic heterocycles. The predicted molar refractivity (Wildman–Crippen MR) is 82.4 cm³/mol. The van der Waals surface area contributed by atoms with Crippen molar-refractivity contribution in [3.8, 4) is 5.75 Å². The van der Waals surface area contributed by atoms with Crippen molar-refractivity contribution in [1.82, 2.24) is 0 Å². The van der Waals surface area contributed by atoms with Crippen molar-refractivity contribution in [3.63, 3.8) is 0 Å². The van der Waals surface area contributed by atoms with Crippen LogP contribution in [0.15, 0.2) is 60.2 Å². The number of ether oxygens (including phenoxy) is 1. The minimum atomic E-state index is -0.283. The lowest BCUT2D eigenvalue weighted by molar-refractivity contribution is -0.113. The van der Waals surface area contributed by atoms with Crippen molar-refractivity contribution in [2.75, 3.05) is 7.11 Å². The molecule has 0 aliphatic rings. The molecule has 106 valence electrons. The highest BCUT2D eigenvalue weighted by molar-refractivity contribution is 6.28. The van der Waals surface area contributed by atoms with Crippen LogP contribution in [0.5, 0.6) is 5.75 Å². The first-order valence-corrected chi connectivity index (χ1v) is 6.59. The summed E-state index contributed by atoms with van der Waals surface area (Å²) in [5.41, 5.74) is 1.34. The largest absolute Gasteiger partial charge is 0.496 e. The van der Waals surface area contributed by atoms with Crippen LogP contribution in [0.2, 0.25) is 0 Å². The number of hydrogen-bond acceptors (Lipinski definition) is 3. The van der Waals surface area contributed by atoms with Crippen molar-refractivity contribution in [2.24, 2.45) is 0 Å². The Morgan fingerprint density at radius 3 is 2.19 bits per heavy atom. The molecule has 3 heteroatoms. The Hall–Kier alpha value is -2.68. The Labute approximate surface area is 123 Å². The zero-order chi connectivity index (χ0) is 15.2. The lowest BCUT2D eigenvalue weighted by atomic mass is 9.98. The van der Waals surface area contributed by atoms with Gasteiger partial charge in [0.05, 0.1) is 12.7 Å². The van der Waals surface area contributed by atoms with Gasteiger partial charge in [-0.1, -0.05) is 48.5 Å². The first kappa shape index (κ1) is 14.7. The molecule has 0 aromatic heterocycles. The summed E-state index contributed by atoms with van der Waals surface area (Å²) in [6, 6.07) is 16.0. The Kier molecular flexibility index (Phi) is 4.67. The zero-order valence-electron chi connectivity index (χ0n) is 12.0. The van der Waals surface area contributed by atoms with Crippen LogP contribution < -0.4 is 4.74 Å². The van der Waals surface area contributed by atoms with E-state index in [9.17, 15) is 9.59 Å². The number of carbonyl (C=O) groups excluding carboxylic acids is 2. The van der Waals surface area contributed by atoms with Gasteiger partial charge in [0.25, 0.3) is 0 Å². The molecule has 3 nitrogen and oxygen atoms in total. The number of carbonyl (C=O) groups is 2. The van der Waals surface area contributed by atoms with E-state index in [1.807, 2.05) is 18.2 Å². The molecule has 0 saturated heterocycles. The summed E-state index contributed by atoms with van der Waals surface area (Å²) in [5.74, 6) is 0.0703. The Morgan fingerprint density at radius 1 is 0.952 bits per heavy atom. The molecule has 0 N–H and O–H groups in total. The number of Topliss-reactive ketones (excluding diaryl/α,β-unsaturated/α-hetero) is 2. The average Bonchev–Trinajstić information content (AvgIpc) is 2.53. The monoisotopic (exact) mass is 280 g/mol. The first-order valence-electron chi connectivity index (χ1n) is 6.59. The van der Waals surface area contributed by atoms with Gasteiger partial charge >= 0.3 is 0 Å². The van der Waals surface area contributed by atoms with Gasteiger partial charge in [0.1, 0.15) is 5.75 Å². The number of para-hydroxylation sites is 1. The minimum Gasteiger partial charge on any atom is -0.496 e. The maximum atomic E-state index is 12.5. The predicted octanol–water partition coefficient (Wildman–Crippen LogP) is 3.55. The van der Waals surface area contributed by atoms with Gasteiger partial charge in [-0.25, -0.2) is 0 Å². The molecule has 0 spiro atoms. The van der Waals surface area contributed by atoms with Crippen molar-refractivity contribution >= 4 is 17.6 Å². The molecule has 0 unspecified atom stereocenters. The van der Waals surface area contributed by atoms with Crippen LogP contribution in [-0.4, -0.2) is 18.7 Å². The second kappa shape index (κ2) is 6.66. The van der Waals surface area contributed by atoms with E-state index >= 15 is 0 Å².